The summed E-state index contributed by atoms with van der Waals surface area (Å²) < 4.78 is 9.90. The van der Waals surface area contributed by atoms with Gasteiger partial charge in [-0.05, 0) is 32.0 Å². The molecule has 1 fully saturated rings. The summed E-state index contributed by atoms with van der Waals surface area (Å²) in [5, 5.41) is 0.251. The van der Waals surface area contributed by atoms with Gasteiger partial charge >= 0.3 is 11.9 Å². The van der Waals surface area contributed by atoms with Crippen LogP contribution in [0.15, 0.2) is 18.2 Å². The van der Waals surface area contributed by atoms with E-state index < -0.39 is 11.9 Å². The lowest BCUT2D eigenvalue weighted by Crippen LogP contribution is -2.26. The van der Waals surface area contributed by atoms with E-state index in [9.17, 15) is 14.4 Å². The second kappa shape index (κ2) is 7.46. The molecule has 6 nitrogen and oxygen atoms in total. The number of carbonyl (C=O) groups is 3. The molecule has 1 aromatic rings. The van der Waals surface area contributed by atoms with E-state index in [0.29, 0.717) is 5.69 Å². The summed E-state index contributed by atoms with van der Waals surface area (Å²) in [5.74, 6) is -1.62. The third kappa shape index (κ3) is 3.82. The standard InChI is InChI=1S/C16H18ClNO5/c1-3-22-15(20)10-7-14(19)18(9-10)11-5-6-13(17)12(8-11)16(21)23-4-2/h5-6,8,10H,3-4,7,9H2,1-2H3/t10-/m1/s1. The molecule has 1 aliphatic rings. The summed E-state index contributed by atoms with van der Waals surface area (Å²) in [6, 6.07) is 4.68. The number of esters is 2. The third-order valence-corrected chi connectivity index (χ3v) is 3.83. The molecule has 7 heteroatoms. The molecule has 0 spiro atoms. The molecule has 0 N–H and O–H groups in total. The molecular weight excluding hydrogens is 322 g/mol. The van der Waals surface area contributed by atoms with Crippen molar-refractivity contribution >= 4 is 35.1 Å². The van der Waals surface area contributed by atoms with Crippen LogP contribution in [0.4, 0.5) is 5.69 Å². The number of hydrogen-bond donors (Lipinski definition) is 0. The van der Waals surface area contributed by atoms with Crippen LogP contribution in [0.3, 0.4) is 0 Å². The van der Waals surface area contributed by atoms with Gasteiger partial charge in [-0.1, -0.05) is 11.6 Å². The van der Waals surface area contributed by atoms with Crippen molar-refractivity contribution in [3.05, 3.63) is 28.8 Å². The minimum Gasteiger partial charge on any atom is -0.466 e. The van der Waals surface area contributed by atoms with Gasteiger partial charge in [-0.3, -0.25) is 9.59 Å². The van der Waals surface area contributed by atoms with Crippen molar-refractivity contribution in [1.82, 2.24) is 0 Å². The number of rotatable bonds is 5. The van der Waals surface area contributed by atoms with E-state index in [0.717, 1.165) is 0 Å². The summed E-state index contributed by atoms with van der Waals surface area (Å²) in [6.07, 6.45) is 0.0935. The molecule has 2 rings (SSSR count). The van der Waals surface area contributed by atoms with E-state index in [1.807, 2.05) is 0 Å². The fraction of sp³-hybridized carbons (Fsp3) is 0.438. The van der Waals surface area contributed by atoms with Crippen LogP contribution in [0, 0.1) is 5.92 Å². The fourth-order valence-electron chi connectivity index (χ4n) is 2.42. The number of hydrogen-bond acceptors (Lipinski definition) is 5. The largest absolute Gasteiger partial charge is 0.466 e. The Labute approximate surface area is 139 Å². The van der Waals surface area contributed by atoms with Crippen molar-refractivity contribution in [3.63, 3.8) is 0 Å². The molecule has 1 amide bonds. The maximum Gasteiger partial charge on any atom is 0.339 e. The highest BCUT2D eigenvalue weighted by molar-refractivity contribution is 6.33. The molecule has 0 saturated carbocycles. The number of anilines is 1. The van der Waals surface area contributed by atoms with Crippen molar-refractivity contribution in [2.24, 2.45) is 5.92 Å². The highest BCUT2D eigenvalue weighted by Crippen LogP contribution is 2.29. The van der Waals surface area contributed by atoms with E-state index in [1.54, 1.807) is 19.9 Å². The van der Waals surface area contributed by atoms with Crippen LogP contribution < -0.4 is 4.90 Å². The highest BCUT2D eigenvalue weighted by atomic mass is 35.5. The van der Waals surface area contributed by atoms with E-state index >= 15 is 0 Å². The van der Waals surface area contributed by atoms with E-state index in [1.165, 1.54) is 17.0 Å². The lowest BCUT2D eigenvalue weighted by molar-refractivity contribution is -0.147. The molecule has 1 saturated heterocycles. The fourth-order valence-corrected chi connectivity index (χ4v) is 2.62. The summed E-state index contributed by atoms with van der Waals surface area (Å²) in [6.45, 7) is 4.15. The number of carbonyl (C=O) groups excluding carboxylic acids is 3. The number of benzene rings is 1. The number of amides is 1. The van der Waals surface area contributed by atoms with Gasteiger partial charge in [0.2, 0.25) is 5.91 Å². The molecule has 23 heavy (non-hydrogen) atoms. The average Bonchev–Trinajstić information content (AvgIpc) is 2.90. The van der Waals surface area contributed by atoms with E-state index in [2.05, 4.69) is 0 Å². The highest BCUT2D eigenvalue weighted by Gasteiger charge is 2.36. The van der Waals surface area contributed by atoms with Gasteiger partial charge in [-0.2, -0.15) is 0 Å². The van der Waals surface area contributed by atoms with Crippen LogP contribution in [-0.2, 0) is 19.1 Å². The summed E-state index contributed by atoms with van der Waals surface area (Å²) in [5.41, 5.74) is 0.702. The molecule has 1 heterocycles. The molecule has 1 atom stereocenters. The Morgan fingerprint density at radius 2 is 1.96 bits per heavy atom. The monoisotopic (exact) mass is 339 g/mol. The molecule has 0 aliphatic carbocycles. The van der Waals surface area contributed by atoms with Crippen LogP contribution in [0.2, 0.25) is 5.02 Å². The molecule has 0 radical (unpaired) electrons. The summed E-state index contributed by atoms with van der Waals surface area (Å²) in [7, 11) is 0. The maximum atomic E-state index is 12.2. The third-order valence-electron chi connectivity index (χ3n) is 3.50. The van der Waals surface area contributed by atoms with Gasteiger partial charge in [0.25, 0.3) is 0 Å². The molecule has 1 aromatic carbocycles. The maximum absolute atomic E-state index is 12.2. The van der Waals surface area contributed by atoms with Gasteiger partial charge in [0.05, 0.1) is 29.7 Å². The minimum absolute atomic E-state index is 0.0935. The van der Waals surface area contributed by atoms with Gasteiger partial charge in [-0.15, -0.1) is 0 Å². The van der Waals surface area contributed by atoms with E-state index in [-0.39, 0.29) is 48.6 Å². The molecule has 1 aliphatic heterocycles. The lowest BCUT2D eigenvalue weighted by atomic mass is 10.1. The predicted molar refractivity (Wildman–Crippen MR) is 84.5 cm³/mol. The van der Waals surface area contributed by atoms with Crippen molar-refractivity contribution in [2.75, 3.05) is 24.7 Å². The van der Waals surface area contributed by atoms with Crippen molar-refractivity contribution in [2.45, 2.75) is 20.3 Å². The number of nitrogens with zero attached hydrogens (tertiary/aromatic N) is 1. The summed E-state index contributed by atoms with van der Waals surface area (Å²) in [4.78, 5) is 37.3. The normalized spacial score (nSPS) is 17.3. The van der Waals surface area contributed by atoms with Crippen molar-refractivity contribution in [3.8, 4) is 0 Å². The van der Waals surface area contributed by atoms with Gasteiger partial charge in [0, 0.05) is 18.7 Å². The predicted octanol–water partition coefficient (Wildman–Crippen LogP) is 2.43. The first kappa shape index (κ1) is 17.3. The Kier molecular flexibility index (Phi) is 5.60. The molecule has 0 bridgehead atoms. The van der Waals surface area contributed by atoms with E-state index in [4.69, 9.17) is 21.1 Å². The van der Waals surface area contributed by atoms with Crippen LogP contribution >= 0.6 is 11.6 Å². The Balaban J connectivity index is 2.22. The first-order chi connectivity index (χ1) is 11.0. The zero-order chi connectivity index (χ0) is 17.0. The van der Waals surface area contributed by atoms with Crippen LogP contribution in [0.1, 0.15) is 30.6 Å². The lowest BCUT2D eigenvalue weighted by Gasteiger charge is -2.17. The van der Waals surface area contributed by atoms with Gasteiger partial charge < -0.3 is 14.4 Å². The Bertz CT molecular complexity index is 631. The van der Waals surface area contributed by atoms with Crippen LogP contribution in [-0.4, -0.2) is 37.6 Å². The Hall–Kier alpha value is -2.08. The van der Waals surface area contributed by atoms with Crippen molar-refractivity contribution < 1.29 is 23.9 Å². The molecule has 0 aromatic heterocycles. The van der Waals surface area contributed by atoms with Crippen LogP contribution in [0.5, 0.6) is 0 Å². The number of ether oxygens (including phenoxy) is 2. The summed E-state index contributed by atoms with van der Waals surface area (Å²) >= 11 is 6.01. The topological polar surface area (TPSA) is 72.9 Å². The van der Waals surface area contributed by atoms with Gasteiger partial charge in [0.15, 0.2) is 0 Å². The second-order valence-electron chi connectivity index (χ2n) is 5.04. The molecule has 124 valence electrons. The van der Waals surface area contributed by atoms with Gasteiger partial charge in [-0.25, -0.2) is 4.79 Å². The Morgan fingerprint density at radius 1 is 1.26 bits per heavy atom. The van der Waals surface area contributed by atoms with Gasteiger partial charge in [0.1, 0.15) is 0 Å². The molecular formula is C16H18ClNO5. The smallest absolute Gasteiger partial charge is 0.339 e. The first-order valence-electron chi connectivity index (χ1n) is 7.41. The Morgan fingerprint density at radius 3 is 2.61 bits per heavy atom. The van der Waals surface area contributed by atoms with Crippen molar-refractivity contribution in [1.29, 1.82) is 0 Å². The zero-order valence-electron chi connectivity index (χ0n) is 13.0. The minimum atomic E-state index is -0.548. The SMILES string of the molecule is CCOC(=O)c1cc(N2C[C@H](C(=O)OCC)CC2=O)ccc1Cl. The number of halogens is 1. The second-order valence-corrected chi connectivity index (χ2v) is 5.45. The average molecular weight is 340 g/mol. The first-order valence-corrected chi connectivity index (χ1v) is 7.79. The quantitative estimate of drug-likeness (QED) is 0.770. The zero-order valence-corrected chi connectivity index (χ0v) is 13.8. The molecule has 0 unspecified atom stereocenters. The van der Waals surface area contributed by atoms with Crippen LogP contribution in [0.25, 0.3) is 0 Å².